The number of halogens is 1. The number of hydrogen-bond donors (Lipinski definition) is 1. The van der Waals surface area contributed by atoms with Crippen molar-refractivity contribution in [3.8, 4) is 11.8 Å². The predicted octanol–water partition coefficient (Wildman–Crippen LogP) is 6.26. The Labute approximate surface area is 196 Å². The van der Waals surface area contributed by atoms with E-state index in [4.69, 9.17) is 9.15 Å². The van der Waals surface area contributed by atoms with Crippen molar-refractivity contribution in [2.75, 3.05) is 0 Å². The number of aromatic nitrogens is 1. The van der Waals surface area contributed by atoms with Gasteiger partial charge in [-0.3, -0.25) is 0 Å². The number of carboxylic acid groups (broad SMARTS) is 1. The van der Waals surface area contributed by atoms with Gasteiger partial charge in [-0.05, 0) is 69.7 Å². The third kappa shape index (κ3) is 5.02. The molecule has 3 aromatic carbocycles. The Kier molecular flexibility index (Phi) is 6.59. The molecule has 4 aromatic rings. The lowest BCUT2D eigenvalue weighted by atomic mass is 10.1. The molecule has 0 atom stereocenters. The van der Waals surface area contributed by atoms with Crippen molar-refractivity contribution in [3.05, 3.63) is 92.8 Å². The van der Waals surface area contributed by atoms with E-state index in [1.165, 1.54) is 0 Å². The molecule has 0 fully saturated rings. The first-order valence-corrected chi connectivity index (χ1v) is 11.0. The van der Waals surface area contributed by atoms with E-state index in [0.717, 1.165) is 17.3 Å². The molecule has 1 heterocycles. The molecule has 0 amide bonds. The molecule has 158 valence electrons. The second kappa shape index (κ2) is 9.73. The fraction of sp³-hybridized carbons (Fsp3) is 0.0417. The van der Waals surface area contributed by atoms with E-state index in [2.05, 4.69) is 27.0 Å². The van der Waals surface area contributed by atoms with Crippen molar-refractivity contribution in [3.63, 3.8) is 0 Å². The van der Waals surface area contributed by atoms with E-state index in [0.29, 0.717) is 32.4 Å². The van der Waals surface area contributed by atoms with E-state index in [9.17, 15) is 15.2 Å². The lowest BCUT2D eigenvalue weighted by molar-refractivity contribution is -0.131. The average Bonchev–Trinajstić information content (AvgIpc) is 3.20. The summed E-state index contributed by atoms with van der Waals surface area (Å²) in [6.45, 7) is 0.242. The normalized spacial score (nSPS) is 11.3. The minimum atomic E-state index is -1.08. The molecule has 1 N–H and O–H groups in total. The van der Waals surface area contributed by atoms with Crippen LogP contribution in [0.3, 0.4) is 0 Å². The molecule has 4 rings (SSSR count). The van der Waals surface area contributed by atoms with Crippen molar-refractivity contribution in [2.45, 2.75) is 11.8 Å². The van der Waals surface area contributed by atoms with Crippen LogP contribution in [-0.4, -0.2) is 16.1 Å². The Morgan fingerprint density at radius 2 is 1.97 bits per heavy atom. The van der Waals surface area contributed by atoms with E-state index >= 15 is 0 Å². The van der Waals surface area contributed by atoms with Gasteiger partial charge in [0.2, 0.25) is 0 Å². The molecule has 0 saturated heterocycles. The number of nitrogens with zero attached hydrogens (tertiary/aromatic N) is 2. The molecular weight excluding hydrogens is 492 g/mol. The van der Waals surface area contributed by atoms with Gasteiger partial charge in [0.15, 0.2) is 5.58 Å². The molecule has 0 saturated carbocycles. The number of nitriles is 1. The number of rotatable bonds is 7. The van der Waals surface area contributed by atoms with Crippen LogP contribution >= 0.6 is 27.7 Å². The van der Waals surface area contributed by atoms with Crippen LogP contribution < -0.4 is 4.74 Å². The molecule has 0 unspecified atom stereocenters. The number of ether oxygens (including phenoxy) is 1. The average molecular weight is 507 g/mol. The number of thioether (sulfide) groups is 1. The van der Waals surface area contributed by atoms with Gasteiger partial charge in [0.05, 0.1) is 16.1 Å². The van der Waals surface area contributed by atoms with Gasteiger partial charge in [0.25, 0.3) is 5.22 Å². The molecule has 6 nitrogen and oxygen atoms in total. The first-order valence-electron chi connectivity index (χ1n) is 9.42. The summed E-state index contributed by atoms with van der Waals surface area (Å²) in [5.41, 5.74) is 3.28. The summed E-state index contributed by atoms with van der Waals surface area (Å²) in [5, 5.41) is 19.1. The van der Waals surface area contributed by atoms with Gasteiger partial charge in [-0.1, -0.05) is 36.4 Å². The fourth-order valence-electron chi connectivity index (χ4n) is 2.91. The smallest absolute Gasteiger partial charge is 0.342 e. The molecule has 0 bridgehead atoms. The molecule has 0 radical (unpaired) electrons. The van der Waals surface area contributed by atoms with Crippen molar-refractivity contribution in [2.24, 2.45) is 0 Å². The third-order valence-corrected chi connectivity index (χ3v) is 5.94. The van der Waals surface area contributed by atoms with Crippen molar-refractivity contribution in [1.29, 1.82) is 5.26 Å². The van der Waals surface area contributed by atoms with Crippen molar-refractivity contribution >= 4 is 50.8 Å². The Bertz CT molecular complexity index is 1340. The van der Waals surface area contributed by atoms with Crippen LogP contribution in [0.1, 0.15) is 16.7 Å². The Morgan fingerprint density at radius 3 is 2.72 bits per heavy atom. The van der Waals surface area contributed by atoms with Gasteiger partial charge in [-0.15, -0.1) is 0 Å². The predicted molar refractivity (Wildman–Crippen MR) is 125 cm³/mol. The monoisotopic (exact) mass is 506 g/mol. The fourth-order valence-corrected chi connectivity index (χ4v) is 4.17. The van der Waals surface area contributed by atoms with Gasteiger partial charge >= 0.3 is 5.97 Å². The highest BCUT2D eigenvalue weighted by Crippen LogP contribution is 2.32. The first kappa shape index (κ1) is 21.7. The molecule has 32 heavy (non-hydrogen) atoms. The summed E-state index contributed by atoms with van der Waals surface area (Å²) in [6.07, 6.45) is 1.54. The number of carbonyl (C=O) groups is 1. The highest BCUT2D eigenvalue weighted by atomic mass is 79.9. The summed E-state index contributed by atoms with van der Waals surface area (Å²) in [7, 11) is 0. The highest BCUT2D eigenvalue weighted by molar-refractivity contribution is 9.10. The summed E-state index contributed by atoms with van der Waals surface area (Å²) in [6, 6.07) is 21.9. The number of benzene rings is 3. The van der Waals surface area contributed by atoms with Gasteiger partial charge in [0.1, 0.15) is 22.8 Å². The van der Waals surface area contributed by atoms with Crippen LogP contribution in [0.2, 0.25) is 0 Å². The Hall–Kier alpha value is -3.54. The Balaban J connectivity index is 1.52. The molecule has 0 aliphatic heterocycles. The lowest BCUT2D eigenvalue weighted by Gasteiger charge is -2.10. The molecule has 0 spiro atoms. The zero-order valence-electron chi connectivity index (χ0n) is 16.5. The summed E-state index contributed by atoms with van der Waals surface area (Å²) in [5.74, 6) is -0.500. The van der Waals surface area contributed by atoms with Crippen LogP contribution in [0, 0.1) is 11.3 Å². The van der Waals surface area contributed by atoms with Gasteiger partial charge in [-0.2, -0.15) is 5.26 Å². The maximum atomic E-state index is 11.8. The zero-order chi connectivity index (χ0) is 22.5. The minimum absolute atomic E-state index is 0.0695. The summed E-state index contributed by atoms with van der Waals surface area (Å²) < 4.78 is 12.1. The molecular formula is C24H15BrN2O4S. The zero-order valence-corrected chi connectivity index (χ0v) is 18.9. The molecule has 1 aromatic heterocycles. The van der Waals surface area contributed by atoms with Gasteiger partial charge in [-0.25, -0.2) is 9.78 Å². The van der Waals surface area contributed by atoms with Crippen LogP contribution in [0.4, 0.5) is 0 Å². The SMILES string of the molecule is N#Cc1ccccc1COc1ccc(/C=C(\Sc2nc3ccccc3o2)C(=O)O)cc1Br. The minimum Gasteiger partial charge on any atom is -0.488 e. The summed E-state index contributed by atoms with van der Waals surface area (Å²) >= 11 is 4.41. The second-order valence-corrected chi connectivity index (χ2v) is 8.46. The van der Waals surface area contributed by atoms with Crippen molar-refractivity contribution in [1.82, 2.24) is 4.98 Å². The van der Waals surface area contributed by atoms with E-state index in [1.54, 1.807) is 48.5 Å². The van der Waals surface area contributed by atoms with Gasteiger partial charge in [0, 0.05) is 5.56 Å². The second-order valence-electron chi connectivity index (χ2n) is 6.61. The van der Waals surface area contributed by atoms with Crippen LogP contribution in [0.15, 0.2) is 85.7 Å². The topological polar surface area (TPSA) is 96.4 Å². The molecule has 0 aliphatic carbocycles. The number of fused-ring (bicyclic) bond motifs is 1. The largest absolute Gasteiger partial charge is 0.488 e. The first-order chi connectivity index (χ1) is 15.5. The van der Waals surface area contributed by atoms with E-state index < -0.39 is 5.97 Å². The maximum Gasteiger partial charge on any atom is 0.342 e. The maximum absolute atomic E-state index is 11.8. The number of aliphatic carboxylic acids is 1. The van der Waals surface area contributed by atoms with Crippen LogP contribution in [0.5, 0.6) is 5.75 Å². The van der Waals surface area contributed by atoms with E-state index in [1.807, 2.05) is 24.3 Å². The molecule has 0 aliphatic rings. The number of carboxylic acids is 1. The quantitative estimate of drug-likeness (QED) is 0.233. The van der Waals surface area contributed by atoms with Crippen LogP contribution in [0.25, 0.3) is 17.2 Å². The highest BCUT2D eigenvalue weighted by Gasteiger charge is 2.15. The number of oxazole rings is 1. The third-order valence-electron chi connectivity index (χ3n) is 4.46. The number of hydrogen-bond acceptors (Lipinski definition) is 6. The molecule has 8 heteroatoms. The number of para-hydroxylation sites is 2. The van der Waals surface area contributed by atoms with E-state index in [-0.39, 0.29) is 16.7 Å². The van der Waals surface area contributed by atoms with Gasteiger partial charge < -0.3 is 14.3 Å². The Morgan fingerprint density at radius 1 is 1.19 bits per heavy atom. The summed E-state index contributed by atoms with van der Waals surface area (Å²) in [4.78, 5) is 16.2. The van der Waals surface area contributed by atoms with Crippen LogP contribution in [-0.2, 0) is 11.4 Å². The standard InChI is InChI=1S/C24H15BrN2O4S/c25-18-11-15(9-10-20(18)30-14-17-6-2-1-5-16(17)13-26)12-22(23(28)29)32-24-27-19-7-3-4-8-21(19)31-24/h1-12H,14H2,(H,28,29)/b22-12-. The lowest BCUT2D eigenvalue weighted by Crippen LogP contribution is -1.99. The van der Waals surface area contributed by atoms with Crippen molar-refractivity contribution < 1.29 is 19.1 Å².